The van der Waals surface area contributed by atoms with E-state index in [9.17, 15) is 4.79 Å². The first kappa shape index (κ1) is 44.4. The summed E-state index contributed by atoms with van der Waals surface area (Å²) in [6, 6.07) is 44.0. The van der Waals surface area contributed by atoms with Crippen molar-refractivity contribution in [2.75, 3.05) is 0 Å². The summed E-state index contributed by atoms with van der Waals surface area (Å²) < 4.78 is 17.8. The van der Waals surface area contributed by atoms with E-state index in [0.29, 0.717) is 23.8 Å². The van der Waals surface area contributed by atoms with Crippen LogP contribution in [-0.2, 0) is 29.3 Å². The zero-order chi connectivity index (χ0) is 47.0. The van der Waals surface area contributed by atoms with E-state index < -0.39 is 17.2 Å². The summed E-state index contributed by atoms with van der Waals surface area (Å²) >= 11 is 0. The van der Waals surface area contributed by atoms with Crippen LogP contribution >= 0.6 is 0 Å². The monoisotopic (exact) mass is 896 g/mol. The lowest BCUT2D eigenvalue weighted by atomic mass is 9.63. The lowest BCUT2D eigenvalue weighted by Crippen LogP contribution is -2.40. The molecule has 8 heteroatoms. The van der Waals surface area contributed by atoms with Crippen LogP contribution in [0.5, 0.6) is 23.3 Å². The summed E-state index contributed by atoms with van der Waals surface area (Å²) in [4.78, 5) is 33.7. The van der Waals surface area contributed by atoms with E-state index in [4.69, 9.17) is 34.2 Å². The lowest BCUT2D eigenvalue weighted by molar-refractivity contribution is 0.149. The van der Waals surface area contributed by atoms with Gasteiger partial charge in [0.15, 0.2) is 0 Å². The van der Waals surface area contributed by atoms with Crippen molar-refractivity contribution in [1.29, 1.82) is 0 Å². The van der Waals surface area contributed by atoms with Crippen molar-refractivity contribution in [3.05, 3.63) is 225 Å². The molecule has 6 aromatic rings. The van der Waals surface area contributed by atoms with Gasteiger partial charge in [-0.2, -0.15) is 0 Å². The van der Waals surface area contributed by atoms with Gasteiger partial charge in [-0.1, -0.05) is 134 Å². The van der Waals surface area contributed by atoms with Crippen molar-refractivity contribution in [2.45, 2.75) is 83.7 Å². The maximum absolute atomic E-state index is 13.2. The van der Waals surface area contributed by atoms with Crippen LogP contribution in [0.3, 0.4) is 0 Å². The molecule has 0 aliphatic heterocycles. The highest BCUT2D eigenvalue weighted by molar-refractivity contribution is 5.81. The van der Waals surface area contributed by atoms with E-state index in [1.165, 1.54) is 22.3 Å². The molecule has 0 N–H and O–H groups in total. The van der Waals surface area contributed by atoms with Crippen LogP contribution in [0, 0.1) is 11.8 Å². The van der Waals surface area contributed by atoms with Crippen molar-refractivity contribution < 1.29 is 19.0 Å². The predicted octanol–water partition coefficient (Wildman–Crippen LogP) is 13.7. The Morgan fingerprint density at radius 3 is 1.53 bits per heavy atom. The van der Waals surface area contributed by atoms with Gasteiger partial charge in [-0.25, -0.2) is 14.8 Å². The van der Waals surface area contributed by atoms with Gasteiger partial charge in [0.25, 0.3) is 0 Å². The van der Waals surface area contributed by atoms with E-state index in [-0.39, 0.29) is 23.1 Å². The van der Waals surface area contributed by atoms with Crippen LogP contribution in [0.15, 0.2) is 190 Å². The van der Waals surface area contributed by atoms with Gasteiger partial charge >= 0.3 is 6.16 Å². The van der Waals surface area contributed by atoms with E-state index in [1.807, 2.05) is 85.2 Å². The molecule has 0 fully saturated rings. The van der Waals surface area contributed by atoms with Gasteiger partial charge in [-0.3, -0.25) is 9.98 Å². The van der Waals surface area contributed by atoms with Gasteiger partial charge in [0.2, 0.25) is 11.8 Å². The van der Waals surface area contributed by atoms with Crippen LogP contribution in [0.2, 0.25) is 0 Å². The molecule has 0 spiro atoms. The lowest BCUT2D eigenvalue weighted by Gasteiger charge is -2.45. The molecule has 340 valence electrons. The molecule has 2 heterocycles. The molecule has 4 aliphatic carbocycles. The third-order valence-corrected chi connectivity index (χ3v) is 14.3. The number of hydrogen-bond acceptors (Lipinski definition) is 8. The first-order valence-corrected chi connectivity index (χ1v) is 23.6. The molecule has 0 radical (unpaired) electrons. The molecule has 4 aromatic carbocycles. The summed E-state index contributed by atoms with van der Waals surface area (Å²) in [5.74, 6) is 2.24. The fourth-order valence-corrected chi connectivity index (χ4v) is 11.1. The number of nitrogens with zero attached hydrogens (tertiary/aromatic N) is 4. The second-order valence-electron chi connectivity index (χ2n) is 19.1. The van der Waals surface area contributed by atoms with Crippen molar-refractivity contribution in [1.82, 2.24) is 9.97 Å². The summed E-state index contributed by atoms with van der Waals surface area (Å²) in [5, 5.41) is 0. The Bertz CT molecular complexity index is 3070. The second kappa shape index (κ2) is 18.0. The Labute approximate surface area is 399 Å². The number of ether oxygens (including phenoxy) is 3. The minimum Gasteiger partial charge on any atom is -0.439 e. The summed E-state index contributed by atoms with van der Waals surface area (Å²) in [5.41, 5.74) is 12.2. The fourth-order valence-electron chi connectivity index (χ4n) is 11.1. The molecule has 2 aromatic heterocycles. The predicted molar refractivity (Wildman–Crippen MR) is 270 cm³/mol. The number of hydrogen-bond donors (Lipinski definition) is 0. The average Bonchev–Trinajstić information content (AvgIpc) is 3.33. The number of rotatable bonds is 10. The van der Waals surface area contributed by atoms with Gasteiger partial charge in [0.1, 0.15) is 22.6 Å². The molecule has 4 unspecified atom stereocenters. The highest BCUT2D eigenvalue weighted by Crippen LogP contribution is 2.54. The number of carbonyl (C=O) groups excluding carboxylic acids is 1. The Kier molecular flexibility index (Phi) is 11.7. The van der Waals surface area contributed by atoms with Gasteiger partial charge in [0, 0.05) is 78.6 Å². The molecule has 4 atom stereocenters. The van der Waals surface area contributed by atoms with Crippen LogP contribution in [0.25, 0.3) is 0 Å². The van der Waals surface area contributed by atoms with E-state index in [0.717, 1.165) is 64.0 Å². The number of carbonyl (C=O) groups is 1. The Morgan fingerprint density at radius 1 is 0.588 bits per heavy atom. The second-order valence-corrected chi connectivity index (χ2v) is 19.1. The van der Waals surface area contributed by atoms with Gasteiger partial charge in [-0.05, 0) is 97.5 Å². The molecular formula is C60H56N4O4. The number of aliphatic imine (C=N–C) groups is 2. The van der Waals surface area contributed by atoms with Gasteiger partial charge in [0.05, 0.1) is 11.4 Å². The average molecular weight is 897 g/mol. The highest BCUT2D eigenvalue weighted by Gasteiger charge is 2.48. The number of aromatic nitrogens is 2. The Hall–Kier alpha value is -7.45. The molecule has 10 rings (SSSR count). The SMILES string of the molecule is C/C=C1\C2C=C(C)CC1(/N=C/c1ccccc1)c1ccc(OC(=O)Oc3ccc(C(C)(C)c4ccc(Oc5ccc6c(n5)CC5C=C(C)CC6(/N=C/c6ccccc6)/C5=C/C)cc4)cc3)nc1C2. The van der Waals surface area contributed by atoms with Crippen molar-refractivity contribution >= 4 is 18.6 Å². The summed E-state index contributed by atoms with van der Waals surface area (Å²) in [7, 11) is 0. The minimum absolute atomic E-state index is 0.158. The Balaban J connectivity index is 0.803. The van der Waals surface area contributed by atoms with Crippen molar-refractivity contribution in [2.24, 2.45) is 21.8 Å². The molecule has 8 nitrogen and oxygen atoms in total. The number of fused-ring (bicyclic) bond motifs is 8. The summed E-state index contributed by atoms with van der Waals surface area (Å²) in [6.07, 6.45) is 15.4. The first-order valence-electron chi connectivity index (χ1n) is 23.6. The zero-order valence-electron chi connectivity index (χ0n) is 39.6. The maximum Gasteiger partial charge on any atom is 0.520 e. The summed E-state index contributed by atoms with van der Waals surface area (Å²) in [6.45, 7) is 12.9. The van der Waals surface area contributed by atoms with Crippen LogP contribution in [-0.4, -0.2) is 28.6 Å². The quantitative estimate of drug-likeness (QED) is 0.0588. The van der Waals surface area contributed by atoms with Gasteiger partial charge < -0.3 is 14.2 Å². The fraction of sp³-hybridized carbons (Fsp3) is 0.250. The van der Waals surface area contributed by atoms with Crippen LogP contribution in [0.4, 0.5) is 4.79 Å². The third-order valence-electron chi connectivity index (χ3n) is 14.3. The molecule has 4 aliphatic rings. The van der Waals surface area contributed by atoms with Gasteiger partial charge in [-0.15, -0.1) is 0 Å². The molecule has 68 heavy (non-hydrogen) atoms. The van der Waals surface area contributed by atoms with E-state index in [1.54, 1.807) is 18.2 Å². The number of pyridine rings is 2. The molecule has 0 saturated carbocycles. The standard InChI is InChI=1S/C60H56N4O4/c1-7-49-43-31-39(3)35-59(49,61-37-41-15-11-9-12-16-41)51-27-29-55(63-53(51)33-43)66-47-23-19-45(20-24-47)58(5,6)46-21-25-48(26-22-46)67-57(65)68-56-30-28-52-54(64-56)34-44-32-40(4)36-60(52,50(44)8-2)62-38-42-17-13-10-14-18-42/h7-32,37-38,43-44H,33-36H2,1-6H3/b49-7+,50-8+,61-37+,62-38+. The zero-order valence-corrected chi connectivity index (χ0v) is 39.6. The number of benzene rings is 4. The van der Waals surface area contributed by atoms with Crippen LogP contribution < -0.4 is 14.2 Å². The highest BCUT2D eigenvalue weighted by atomic mass is 16.7. The van der Waals surface area contributed by atoms with E-state index >= 15 is 0 Å². The molecule has 0 amide bonds. The topological polar surface area (TPSA) is 95.3 Å². The largest absolute Gasteiger partial charge is 0.520 e. The third kappa shape index (κ3) is 8.33. The number of allylic oxidation sites excluding steroid dienone is 4. The van der Waals surface area contributed by atoms with E-state index in [2.05, 4.69) is 108 Å². The minimum atomic E-state index is -0.848. The molecule has 0 saturated heterocycles. The first-order chi connectivity index (χ1) is 33.0. The normalized spacial score (nSPS) is 22.9. The smallest absolute Gasteiger partial charge is 0.439 e. The van der Waals surface area contributed by atoms with Crippen molar-refractivity contribution in [3.8, 4) is 23.3 Å². The maximum atomic E-state index is 13.2. The molecule has 4 bridgehead atoms. The van der Waals surface area contributed by atoms with Crippen molar-refractivity contribution in [3.63, 3.8) is 0 Å². The van der Waals surface area contributed by atoms with Crippen LogP contribution in [0.1, 0.15) is 99.2 Å². The molecular weight excluding hydrogens is 841 g/mol. The Morgan fingerprint density at radius 2 is 1.04 bits per heavy atom.